The fourth-order valence-electron chi connectivity index (χ4n) is 5.81. The minimum absolute atomic E-state index is 0.131. The minimum Gasteiger partial charge on any atom is -0.496 e. The maximum atomic E-state index is 14.3. The number of ether oxygens (including phenoxy) is 1. The van der Waals surface area contributed by atoms with Gasteiger partial charge in [-0.25, -0.2) is 4.99 Å². The molecule has 12 heteroatoms. The van der Waals surface area contributed by atoms with E-state index < -0.39 is 11.0 Å². The van der Waals surface area contributed by atoms with Crippen LogP contribution in [-0.2, 0) is 4.79 Å². The number of nitro groups is 1. The highest BCUT2D eigenvalue weighted by Gasteiger charge is 2.36. The molecule has 0 N–H and O–H groups in total. The molecule has 0 bridgehead atoms. The highest BCUT2D eigenvalue weighted by Crippen LogP contribution is 2.40. The number of methoxy groups -OCH3 is 1. The van der Waals surface area contributed by atoms with Crippen LogP contribution in [-0.4, -0.2) is 40.5 Å². The Labute approximate surface area is 272 Å². The number of nitro benzene ring substituents is 1. The number of likely N-dealkylation sites (N-methyl/N-ethyl adjacent to an activating group) is 1. The van der Waals surface area contributed by atoms with Crippen LogP contribution in [0.15, 0.2) is 92.2 Å². The van der Waals surface area contributed by atoms with Crippen molar-refractivity contribution in [2.45, 2.75) is 26.8 Å². The summed E-state index contributed by atoms with van der Waals surface area (Å²) in [6.07, 6.45) is 1.62. The van der Waals surface area contributed by atoms with Crippen molar-refractivity contribution in [2.24, 2.45) is 4.99 Å². The smallest absolute Gasteiger partial charge is 0.271 e. The van der Waals surface area contributed by atoms with Gasteiger partial charge in [0.2, 0.25) is 0 Å². The summed E-state index contributed by atoms with van der Waals surface area (Å²) in [7, 11) is 1.57. The van der Waals surface area contributed by atoms with E-state index in [1.807, 2.05) is 50.2 Å². The average molecular weight is 657 g/mol. The lowest BCUT2D eigenvalue weighted by Crippen LogP contribution is -2.43. The van der Waals surface area contributed by atoms with Gasteiger partial charge in [0.25, 0.3) is 17.2 Å². The molecule has 10 nitrogen and oxygen atoms in total. The Balaban J connectivity index is 1.55. The second-order valence-corrected chi connectivity index (χ2v) is 12.0. The average Bonchev–Trinajstić information content (AvgIpc) is 3.63. The van der Waals surface area contributed by atoms with Crippen LogP contribution in [0, 0.1) is 10.1 Å². The maximum absolute atomic E-state index is 14.3. The lowest BCUT2D eigenvalue weighted by atomic mass is 9.90. The van der Waals surface area contributed by atoms with Crippen LogP contribution in [0.1, 0.15) is 38.1 Å². The highest BCUT2D eigenvalue weighted by molar-refractivity contribution is 7.07. The van der Waals surface area contributed by atoms with Crippen molar-refractivity contribution >= 4 is 51.4 Å². The van der Waals surface area contributed by atoms with Crippen molar-refractivity contribution in [1.29, 1.82) is 0 Å². The molecule has 0 unspecified atom stereocenters. The van der Waals surface area contributed by atoms with E-state index in [9.17, 15) is 19.7 Å². The molecule has 0 aliphatic carbocycles. The van der Waals surface area contributed by atoms with Crippen LogP contribution in [0.2, 0.25) is 5.02 Å². The van der Waals surface area contributed by atoms with Crippen molar-refractivity contribution in [3.63, 3.8) is 0 Å². The fourth-order valence-corrected chi connectivity index (χ4v) is 7.10. The molecule has 1 amide bonds. The number of hydrogen-bond donors (Lipinski definition) is 0. The van der Waals surface area contributed by atoms with Crippen LogP contribution in [0.5, 0.6) is 5.75 Å². The van der Waals surface area contributed by atoms with E-state index in [1.54, 1.807) is 41.7 Å². The molecule has 0 fully saturated rings. The minimum atomic E-state index is -0.807. The first-order valence-electron chi connectivity index (χ1n) is 14.6. The summed E-state index contributed by atoms with van der Waals surface area (Å²) in [5.41, 5.74) is 1.64. The number of hydrogen-bond acceptors (Lipinski definition) is 8. The van der Waals surface area contributed by atoms with Crippen LogP contribution in [0.4, 0.5) is 5.69 Å². The number of nitrogens with zero attached hydrogens (tertiary/aromatic N) is 4. The quantitative estimate of drug-likeness (QED) is 0.147. The van der Waals surface area contributed by atoms with E-state index in [4.69, 9.17) is 25.7 Å². The third kappa shape index (κ3) is 5.31. The summed E-state index contributed by atoms with van der Waals surface area (Å²) in [5.74, 6) is 1.12. The Kier molecular flexibility index (Phi) is 8.37. The molecule has 0 saturated carbocycles. The lowest BCUT2D eigenvalue weighted by Gasteiger charge is -2.30. The number of benzene rings is 3. The van der Waals surface area contributed by atoms with E-state index in [-0.39, 0.29) is 22.2 Å². The number of halogens is 1. The van der Waals surface area contributed by atoms with Gasteiger partial charge in [0.1, 0.15) is 23.3 Å². The molecular formula is C34H29ClN4O6S. The molecule has 3 aromatic carbocycles. The van der Waals surface area contributed by atoms with Crippen molar-refractivity contribution in [2.75, 3.05) is 20.2 Å². The van der Waals surface area contributed by atoms with E-state index in [0.717, 1.165) is 10.8 Å². The highest BCUT2D eigenvalue weighted by atomic mass is 35.5. The number of aromatic nitrogens is 1. The molecule has 3 heterocycles. The van der Waals surface area contributed by atoms with Crippen molar-refractivity contribution in [3.05, 3.63) is 124 Å². The summed E-state index contributed by atoms with van der Waals surface area (Å²) in [6, 6.07) is 18.3. The number of fused-ring (bicyclic) bond motifs is 2. The Morgan fingerprint density at radius 1 is 1.15 bits per heavy atom. The largest absolute Gasteiger partial charge is 0.496 e. The van der Waals surface area contributed by atoms with Crippen molar-refractivity contribution in [1.82, 2.24) is 9.47 Å². The molecule has 1 aliphatic rings. The van der Waals surface area contributed by atoms with Crippen molar-refractivity contribution < 1.29 is 18.9 Å². The number of amides is 1. The van der Waals surface area contributed by atoms with Crippen molar-refractivity contribution in [3.8, 4) is 17.1 Å². The second-order valence-electron chi connectivity index (χ2n) is 10.6. The zero-order valence-corrected chi connectivity index (χ0v) is 27.0. The molecule has 234 valence electrons. The van der Waals surface area contributed by atoms with Gasteiger partial charge in [-0.3, -0.25) is 24.3 Å². The summed E-state index contributed by atoms with van der Waals surface area (Å²) in [5, 5.41) is 13.1. The predicted molar refractivity (Wildman–Crippen MR) is 178 cm³/mol. The third-order valence-electron chi connectivity index (χ3n) is 8.06. The number of rotatable bonds is 8. The number of thiazole rings is 1. The molecule has 0 radical (unpaired) electrons. The van der Waals surface area contributed by atoms with Gasteiger partial charge in [-0.15, -0.1) is 0 Å². The first-order valence-corrected chi connectivity index (χ1v) is 15.8. The molecule has 2 aromatic heterocycles. The molecule has 6 rings (SSSR count). The summed E-state index contributed by atoms with van der Waals surface area (Å²) in [4.78, 5) is 46.0. The zero-order chi connectivity index (χ0) is 32.7. The van der Waals surface area contributed by atoms with Gasteiger partial charge in [-0.2, -0.15) is 0 Å². The molecular weight excluding hydrogens is 628 g/mol. The van der Waals surface area contributed by atoms with Gasteiger partial charge in [0.05, 0.1) is 32.9 Å². The molecule has 1 aliphatic heterocycles. The first kappa shape index (κ1) is 31.0. The number of carbonyl (C=O) groups excluding carboxylic acids is 1. The molecule has 5 aromatic rings. The Morgan fingerprint density at radius 3 is 2.61 bits per heavy atom. The first-order chi connectivity index (χ1) is 22.2. The third-order valence-corrected chi connectivity index (χ3v) is 9.35. The number of non-ortho nitro benzene ring substituents is 1. The number of allylic oxidation sites excluding steroid dienone is 1. The number of furan rings is 1. The summed E-state index contributed by atoms with van der Waals surface area (Å²) < 4.78 is 13.8. The summed E-state index contributed by atoms with van der Waals surface area (Å²) >= 11 is 7.52. The topological polar surface area (TPSA) is 120 Å². The van der Waals surface area contributed by atoms with Gasteiger partial charge >= 0.3 is 0 Å². The lowest BCUT2D eigenvalue weighted by molar-refractivity contribution is -0.384. The molecule has 46 heavy (non-hydrogen) atoms. The molecule has 1 atom stereocenters. The monoisotopic (exact) mass is 656 g/mol. The zero-order valence-electron chi connectivity index (χ0n) is 25.4. The molecule has 0 saturated heterocycles. The maximum Gasteiger partial charge on any atom is 0.271 e. The van der Waals surface area contributed by atoms with E-state index in [0.29, 0.717) is 62.1 Å². The summed E-state index contributed by atoms with van der Waals surface area (Å²) in [6.45, 7) is 6.62. The van der Waals surface area contributed by atoms with E-state index in [2.05, 4.69) is 0 Å². The van der Waals surface area contributed by atoms with Crippen LogP contribution >= 0.6 is 22.9 Å². The Bertz CT molecular complexity index is 2250. The number of carbonyl (C=O) groups is 1. The van der Waals surface area contributed by atoms with Crippen LogP contribution in [0.3, 0.4) is 0 Å². The predicted octanol–water partition coefficient (Wildman–Crippen LogP) is 6.09. The SMILES string of the molecule is CCN(CC)C(=O)C1=C(C)N=c2s/c(=C/c3ccc(-c4ccc([N+](=O)[O-])cc4Cl)o3)c(=O)n2[C@H]1c1c(OC)ccc2ccccc12. The van der Waals surface area contributed by atoms with Gasteiger partial charge in [0.15, 0.2) is 4.80 Å². The molecule has 0 spiro atoms. The second kappa shape index (κ2) is 12.4. The van der Waals surface area contributed by atoms with Gasteiger partial charge in [-0.1, -0.05) is 53.3 Å². The fraction of sp³-hybridized carbons (Fsp3) is 0.206. The van der Waals surface area contributed by atoms with Gasteiger partial charge < -0.3 is 14.1 Å². The Hall–Kier alpha value is -5.00. The van der Waals surface area contributed by atoms with Crippen LogP contribution in [0.25, 0.3) is 28.2 Å². The van der Waals surface area contributed by atoms with E-state index >= 15 is 0 Å². The Morgan fingerprint density at radius 2 is 1.91 bits per heavy atom. The standard InChI is InChI=1S/C34H29ClN4O6S/c1-5-37(6-2)33(41)29-19(3)36-34-38(31(29)30-23-10-8-7-9-20(23)11-15-27(30)44-4)32(40)28(46-34)18-22-13-16-26(45-22)24-14-12-21(39(42)43)17-25(24)35/h7-18,31H,5-6H2,1-4H3/b28-18+/t31-/m1/s1. The normalized spacial score (nSPS) is 14.7. The van der Waals surface area contributed by atoms with E-state index in [1.165, 1.54) is 29.5 Å². The van der Waals surface area contributed by atoms with Gasteiger partial charge in [0, 0.05) is 42.4 Å². The van der Waals surface area contributed by atoms with Crippen LogP contribution < -0.4 is 19.6 Å². The van der Waals surface area contributed by atoms with Gasteiger partial charge in [-0.05, 0) is 55.8 Å².